The Hall–Kier alpha value is -1.67. The fraction of sp³-hybridized carbons (Fsp3) is 0.462. The van der Waals surface area contributed by atoms with E-state index in [0.29, 0.717) is 5.82 Å². The van der Waals surface area contributed by atoms with Crippen LogP contribution in [0.2, 0.25) is 5.15 Å². The third-order valence-corrected chi connectivity index (χ3v) is 5.27. The van der Waals surface area contributed by atoms with Crippen molar-refractivity contribution in [3.05, 3.63) is 22.3 Å². The van der Waals surface area contributed by atoms with Crippen molar-refractivity contribution in [2.75, 3.05) is 36.6 Å². The maximum absolute atomic E-state index is 11.9. The Morgan fingerprint density at radius 1 is 1.32 bits per heavy atom. The van der Waals surface area contributed by atoms with Crippen LogP contribution in [0.15, 0.2) is 6.07 Å². The molecule has 0 amide bonds. The number of nitrogens with zero attached hydrogens (tertiary/aromatic N) is 2. The van der Waals surface area contributed by atoms with Gasteiger partial charge in [0, 0.05) is 13.1 Å². The molecule has 0 aliphatic carbocycles. The van der Waals surface area contributed by atoms with Crippen LogP contribution in [0.25, 0.3) is 0 Å². The molecule has 7 nitrogen and oxygen atoms in total. The minimum Gasteiger partial charge on any atom is -0.465 e. The summed E-state index contributed by atoms with van der Waals surface area (Å²) < 4.78 is 27.6. The Balaban J connectivity index is 2.44. The van der Waals surface area contributed by atoms with E-state index in [0.717, 1.165) is 0 Å². The molecule has 1 fully saturated rings. The molecule has 1 aromatic heterocycles. The van der Waals surface area contributed by atoms with Crippen LogP contribution in [0, 0.1) is 0 Å². The third kappa shape index (κ3) is 3.38. The Morgan fingerprint density at radius 3 is 2.41 bits per heavy atom. The maximum atomic E-state index is 11.9. The van der Waals surface area contributed by atoms with Crippen molar-refractivity contribution in [1.82, 2.24) is 4.98 Å². The molecule has 9 heteroatoms. The van der Waals surface area contributed by atoms with Crippen molar-refractivity contribution in [1.29, 1.82) is 0 Å². The molecule has 0 bridgehead atoms. The summed E-state index contributed by atoms with van der Waals surface area (Å²) in [6, 6.07) is 1.41. The lowest BCUT2D eigenvalue weighted by molar-refractivity contribution is 0.0597. The molecule has 22 heavy (non-hydrogen) atoms. The highest BCUT2D eigenvalue weighted by atomic mass is 35.5. The van der Waals surface area contributed by atoms with Gasteiger partial charge in [-0.15, -0.1) is 0 Å². The standard InChI is InChI=1S/C13H15ClN2O5S/c1-8(17)11-9(13(18)21-2)7-10(15-12(11)14)16-3-5-22(19,20)6-4-16/h7H,3-6H2,1-2H3. The van der Waals surface area contributed by atoms with E-state index in [1.54, 1.807) is 4.90 Å². The van der Waals surface area contributed by atoms with Crippen LogP contribution in [0.4, 0.5) is 5.82 Å². The van der Waals surface area contributed by atoms with Crippen LogP contribution < -0.4 is 4.90 Å². The normalized spacial score (nSPS) is 17.1. The molecular weight excluding hydrogens is 332 g/mol. The van der Waals surface area contributed by atoms with Gasteiger partial charge in [-0.1, -0.05) is 11.6 Å². The highest BCUT2D eigenvalue weighted by Gasteiger charge is 2.26. The predicted octanol–water partition coefficient (Wildman–Crippen LogP) is 0.959. The van der Waals surface area contributed by atoms with E-state index < -0.39 is 21.6 Å². The molecule has 0 saturated carbocycles. The summed E-state index contributed by atoms with van der Waals surface area (Å²) in [6.07, 6.45) is 0. The number of aromatic nitrogens is 1. The largest absolute Gasteiger partial charge is 0.465 e. The molecule has 1 aliphatic rings. The fourth-order valence-corrected chi connectivity index (χ4v) is 3.73. The van der Waals surface area contributed by atoms with Gasteiger partial charge in [0.1, 0.15) is 11.0 Å². The number of pyridine rings is 1. The summed E-state index contributed by atoms with van der Waals surface area (Å²) in [5.41, 5.74) is 0.0281. The van der Waals surface area contributed by atoms with E-state index in [-0.39, 0.29) is 40.9 Å². The lowest BCUT2D eigenvalue weighted by Gasteiger charge is -2.28. The number of methoxy groups -OCH3 is 1. The van der Waals surface area contributed by atoms with Crippen molar-refractivity contribution in [2.45, 2.75) is 6.92 Å². The number of hydrogen-bond donors (Lipinski definition) is 0. The fourth-order valence-electron chi connectivity index (χ4n) is 2.21. The lowest BCUT2D eigenvalue weighted by Crippen LogP contribution is -2.40. The van der Waals surface area contributed by atoms with E-state index in [9.17, 15) is 18.0 Å². The zero-order valence-electron chi connectivity index (χ0n) is 12.1. The van der Waals surface area contributed by atoms with Crippen molar-refractivity contribution >= 4 is 39.0 Å². The number of ether oxygens (including phenoxy) is 1. The summed E-state index contributed by atoms with van der Waals surface area (Å²) in [5, 5.41) is -0.0983. The topological polar surface area (TPSA) is 93.6 Å². The first kappa shape index (κ1) is 16.7. The predicted molar refractivity (Wildman–Crippen MR) is 81.5 cm³/mol. The second-order valence-corrected chi connectivity index (χ2v) is 7.54. The zero-order valence-corrected chi connectivity index (χ0v) is 13.7. The second-order valence-electron chi connectivity index (χ2n) is 4.88. The van der Waals surface area contributed by atoms with E-state index in [1.807, 2.05) is 0 Å². The smallest absolute Gasteiger partial charge is 0.338 e. The summed E-state index contributed by atoms with van der Waals surface area (Å²) in [4.78, 5) is 29.3. The van der Waals surface area contributed by atoms with Gasteiger partial charge in [0.05, 0.1) is 29.7 Å². The molecule has 0 atom stereocenters. The van der Waals surface area contributed by atoms with Gasteiger partial charge in [0.25, 0.3) is 0 Å². The number of carbonyl (C=O) groups excluding carboxylic acids is 2. The third-order valence-electron chi connectivity index (χ3n) is 3.39. The Morgan fingerprint density at radius 2 is 1.91 bits per heavy atom. The Kier molecular flexibility index (Phi) is 4.72. The van der Waals surface area contributed by atoms with Gasteiger partial charge < -0.3 is 9.64 Å². The summed E-state index contributed by atoms with van der Waals surface area (Å²) >= 11 is 6.02. The average molecular weight is 347 g/mol. The number of Topliss-reactive ketones (excluding diaryl/α,β-unsaturated/α-hetero) is 1. The van der Waals surface area contributed by atoms with Gasteiger partial charge >= 0.3 is 5.97 Å². The average Bonchev–Trinajstić information content (AvgIpc) is 2.45. The monoisotopic (exact) mass is 346 g/mol. The highest BCUT2D eigenvalue weighted by molar-refractivity contribution is 7.91. The van der Waals surface area contributed by atoms with Gasteiger partial charge in [0.2, 0.25) is 0 Å². The minimum atomic E-state index is -3.03. The molecule has 1 saturated heterocycles. The molecule has 1 aliphatic heterocycles. The van der Waals surface area contributed by atoms with Crippen LogP contribution in [-0.2, 0) is 14.6 Å². The Labute approximate surface area is 133 Å². The number of rotatable bonds is 3. The first-order valence-corrected chi connectivity index (χ1v) is 8.70. The van der Waals surface area contributed by atoms with Gasteiger partial charge in [0.15, 0.2) is 15.6 Å². The minimum absolute atomic E-state index is 0.00176. The first-order valence-electron chi connectivity index (χ1n) is 6.50. The molecule has 120 valence electrons. The summed E-state index contributed by atoms with van der Waals surface area (Å²) in [7, 11) is -1.83. The van der Waals surface area contributed by atoms with Crippen LogP contribution in [0.5, 0.6) is 0 Å². The maximum Gasteiger partial charge on any atom is 0.338 e. The first-order chi connectivity index (χ1) is 10.2. The highest BCUT2D eigenvalue weighted by Crippen LogP contribution is 2.26. The second kappa shape index (κ2) is 6.21. The summed E-state index contributed by atoms with van der Waals surface area (Å²) in [6.45, 7) is 1.79. The number of hydrogen-bond acceptors (Lipinski definition) is 7. The van der Waals surface area contributed by atoms with Crippen LogP contribution in [0.3, 0.4) is 0 Å². The van der Waals surface area contributed by atoms with Crippen molar-refractivity contribution in [2.24, 2.45) is 0 Å². The Bertz CT molecular complexity index is 718. The van der Waals surface area contributed by atoms with Crippen LogP contribution in [-0.4, -0.2) is 56.9 Å². The van der Waals surface area contributed by atoms with Crippen LogP contribution in [0.1, 0.15) is 27.6 Å². The summed E-state index contributed by atoms with van der Waals surface area (Å²) in [5.74, 6) is -0.723. The number of ketones is 1. The molecule has 1 aromatic rings. The quantitative estimate of drug-likeness (QED) is 0.457. The molecular formula is C13H15ClN2O5S. The van der Waals surface area contributed by atoms with E-state index >= 15 is 0 Å². The van der Waals surface area contributed by atoms with Crippen molar-refractivity contribution < 1.29 is 22.7 Å². The number of anilines is 1. The van der Waals surface area contributed by atoms with Crippen LogP contribution >= 0.6 is 11.6 Å². The number of halogens is 1. The number of carbonyl (C=O) groups is 2. The molecule has 0 radical (unpaired) electrons. The van der Waals surface area contributed by atoms with E-state index in [2.05, 4.69) is 9.72 Å². The van der Waals surface area contributed by atoms with Gasteiger partial charge in [-0.2, -0.15) is 0 Å². The number of sulfone groups is 1. The molecule has 2 heterocycles. The SMILES string of the molecule is COC(=O)c1cc(N2CCS(=O)(=O)CC2)nc(Cl)c1C(C)=O. The lowest BCUT2D eigenvalue weighted by atomic mass is 10.1. The molecule has 0 unspecified atom stereocenters. The molecule has 2 rings (SSSR count). The van der Waals surface area contributed by atoms with Gasteiger partial charge in [-0.3, -0.25) is 4.79 Å². The van der Waals surface area contributed by atoms with Gasteiger partial charge in [-0.25, -0.2) is 18.2 Å². The van der Waals surface area contributed by atoms with Gasteiger partial charge in [-0.05, 0) is 13.0 Å². The molecule has 0 aromatic carbocycles. The van der Waals surface area contributed by atoms with Crippen molar-refractivity contribution in [3.63, 3.8) is 0 Å². The number of esters is 1. The molecule has 0 N–H and O–H groups in total. The molecule has 0 spiro atoms. The van der Waals surface area contributed by atoms with E-state index in [4.69, 9.17) is 11.6 Å². The zero-order chi connectivity index (χ0) is 16.5. The van der Waals surface area contributed by atoms with Crippen molar-refractivity contribution in [3.8, 4) is 0 Å². The van der Waals surface area contributed by atoms with E-state index in [1.165, 1.54) is 20.1 Å².